The van der Waals surface area contributed by atoms with E-state index in [9.17, 15) is 18.0 Å². The van der Waals surface area contributed by atoms with Gasteiger partial charge in [-0.15, -0.1) is 0 Å². The summed E-state index contributed by atoms with van der Waals surface area (Å²) in [7, 11) is 0. The molecule has 0 amide bonds. The van der Waals surface area contributed by atoms with Crippen LogP contribution in [0.4, 0.5) is 13.2 Å². The van der Waals surface area contributed by atoms with E-state index in [0.717, 1.165) is 23.5 Å². The summed E-state index contributed by atoms with van der Waals surface area (Å²) in [6.07, 6.45) is -3.76. The summed E-state index contributed by atoms with van der Waals surface area (Å²) in [5.41, 5.74) is 3.02. The molecular weight excluding hydrogens is 375 g/mol. The quantitative estimate of drug-likeness (QED) is 0.363. The lowest BCUT2D eigenvalue weighted by atomic mass is 9.89. The van der Waals surface area contributed by atoms with Crippen molar-refractivity contribution in [2.75, 3.05) is 0 Å². The molecule has 0 atom stereocenters. The van der Waals surface area contributed by atoms with Crippen molar-refractivity contribution < 1.29 is 18.0 Å². The van der Waals surface area contributed by atoms with Crippen LogP contribution in [0.2, 0.25) is 0 Å². The number of hydrogen-bond donors (Lipinski definition) is 0. The lowest BCUT2D eigenvalue weighted by molar-refractivity contribution is -0.136. The molecule has 0 N–H and O–H groups in total. The van der Waals surface area contributed by atoms with E-state index in [-0.39, 0.29) is 5.52 Å². The van der Waals surface area contributed by atoms with Crippen LogP contribution >= 0.6 is 0 Å². The minimum atomic E-state index is -4.51. The van der Waals surface area contributed by atoms with Crippen molar-refractivity contribution in [3.63, 3.8) is 0 Å². The van der Waals surface area contributed by atoms with Crippen LogP contribution in [-0.2, 0) is 6.18 Å². The highest BCUT2D eigenvalue weighted by Crippen LogP contribution is 2.42. The Morgan fingerprint density at radius 3 is 2.21 bits per heavy atom. The molecule has 5 heteroatoms. The fraction of sp³-hybridized carbons (Fsp3) is 0.0833. The van der Waals surface area contributed by atoms with Crippen molar-refractivity contribution in [3.05, 3.63) is 89.6 Å². The monoisotopic (exact) mass is 391 g/mol. The molecule has 0 aliphatic carbocycles. The number of benzene rings is 3. The molecule has 0 unspecified atom stereocenters. The lowest BCUT2D eigenvalue weighted by Gasteiger charge is -2.19. The van der Waals surface area contributed by atoms with Crippen LogP contribution in [0, 0.1) is 6.92 Å². The van der Waals surface area contributed by atoms with E-state index in [1.54, 1.807) is 31.2 Å². The van der Waals surface area contributed by atoms with Crippen molar-refractivity contribution >= 4 is 17.2 Å². The van der Waals surface area contributed by atoms with Gasteiger partial charge in [0.1, 0.15) is 6.29 Å². The molecule has 0 fully saturated rings. The third-order valence-corrected chi connectivity index (χ3v) is 4.88. The van der Waals surface area contributed by atoms with Gasteiger partial charge in [-0.05, 0) is 30.2 Å². The summed E-state index contributed by atoms with van der Waals surface area (Å²) in [6, 6.07) is 20.4. The van der Waals surface area contributed by atoms with Crippen LogP contribution in [0.3, 0.4) is 0 Å². The standard InChI is InChI=1S/C24H16F3NO/c1-15-21(18-10-5-7-16(13-18)14-29)22(17-8-3-2-4-9-17)19-11-6-12-20(23(19)28-15)24(25,26)27/h2-14H,1H3. The zero-order valence-corrected chi connectivity index (χ0v) is 15.5. The maximum absolute atomic E-state index is 13.6. The molecule has 0 aliphatic rings. The van der Waals surface area contributed by atoms with Crippen molar-refractivity contribution in [1.82, 2.24) is 4.98 Å². The molecule has 2 nitrogen and oxygen atoms in total. The van der Waals surface area contributed by atoms with Crippen LogP contribution in [0.25, 0.3) is 33.2 Å². The summed E-state index contributed by atoms with van der Waals surface area (Å²) in [6.45, 7) is 1.70. The van der Waals surface area contributed by atoms with Gasteiger partial charge >= 0.3 is 6.18 Å². The van der Waals surface area contributed by atoms with Gasteiger partial charge < -0.3 is 0 Å². The zero-order chi connectivity index (χ0) is 20.6. The zero-order valence-electron chi connectivity index (χ0n) is 15.5. The number of aromatic nitrogens is 1. The molecule has 0 saturated carbocycles. The number of hydrogen-bond acceptors (Lipinski definition) is 2. The third-order valence-electron chi connectivity index (χ3n) is 4.88. The number of carbonyl (C=O) groups is 1. The minimum Gasteiger partial charge on any atom is -0.298 e. The normalized spacial score (nSPS) is 11.6. The highest BCUT2D eigenvalue weighted by molar-refractivity contribution is 6.04. The second-order valence-electron chi connectivity index (χ2n) is 6.76. The van der Waals surface area contributed by atoms with E-state index in [2.05, 4.69) is 4.98 Å². The molecule has 4 rings (SSSR count). The number of alkyl halides is 3. The van der Waals surface area contributed by atoms with E-state index >= 15 is 0 Å². The van der Waals surface area contributed by atoms with E-state index in [1.165, 1.54) is 6.07 Å². The van der Waals surface area contributed by atoms with Crippen molar-refractivity contribution in [2.45, 2.75) is 13.1 Å². The number of rotatable bonds is 3. The predicted octanol–water partition coefficient (Wildman–Crippen LogP) is 6.71. The number of fused-ring (bicyclic) bond motifs is 1. The number of aryl methyl sites for hydroxylation is 1. The molecule has 0 radical (unpaired) electrons. The van der Waals surface area contributed by atoms with Gasteiger partial charge in [-0.25, -0.2) is 0 Å². The van der Waals surface area contributed by atoms with Crippen molar-refractivity contribution in [3.8, 4) is 22.3 Å². The second-order valence-corrected chi connectivity index (χ2v) is 6.76. The summed E-state index contributed by atoms with van der Waals surface area (Å²) in [5.74, 6) is 0. The first kappa shape index (κ1) is 18.9. The third kappa shape index (κ3) is 3.40. The van der Waals surface area contributed by atoms with Gasteiger partial charge in [-0.2, -0.15) is 13.2 Å². The molecule has 144 valence electrons. The Kier molecular flexibility index (Phi) is 4.66. The average molecular weight is 391 g/mol. The Labute approximate surface area is 165 Å². The maximum Gasteiger partial charge on any atom is 0.418 e. The van der Waals surface area contributed by atoms with Crippen molar-refractivity contribution in [1.29, 1.82) is 0 Å². The van der Waals surface area contributed by atoms with Gasteiger partial charge in [0.25, 0.3) is 0 Å². The Morgan fingerprint density at radius 1 is 0.828 bits per heavy atom. The fourth-order valence-electron chi connectivity index (χ4n) is 3.66. The van der Waals surface area contributed by atoms with Crippen LogP contribution in [0.5, 0.6) is 0 Å². The van der Waals surface area contributed by atoms with E-state index in [4.69, 9.17) is 0 Å². The van der Waals surface area contributed by atoms with Crippen LogP contribution in [-0.4, -0.2) is 11.3 Å². The Morgan fingerprint density at radius 2 is 1.52 bits per heavy atom. The molecule has 0 aliphatic heterocycles. The lowest BCUT2D eigenvalue weighted by Crippen LogP contribution is -2.08. The van der Waals surface area contributed by atoms with Gasteiger partial charge in [0.05, 0.1) is 11.1 Å². The van der Waals surface area contributed by atoms with E-state index in [1.807, 2.05) is 36.4 Å². The number of aldehydes is 1. The van der Waals surface area contributed by atoms with Crippen LogP contribution in [0.15, 0.2) is 72.8 Å². The van der Waals surface area contributed by atoms with Crippen LogP contribution < -0.4 is 0 Å². The van der Waals surface area contributed by atoms with Gasteiger partial charge in [-0.3, -0.25) is 9.78 Å². The molecule has 3 aromatic carbocycles. The number of halogens is 3. The minimum absolute atomic E-state index is 0.0772. The number of carbonyl (C=O) groups excluding carboxylic acids is 1. The number of nitrogens with zero attached hydrogens (tertiary/aromatic N) is 1. The molecule has 1 heterocycles. The summed E-state index contributed by atoms with van der Waals surface area (Å²) >= 11 is 0. The summed E-state index contributed by atoms with van der Waals surface area (Å²) in [5, 5.41) is 0.420. The first-order valence-corrected chi connectivity index (χ1v) is 9.01. The molecule has 0 saturated heterocycles. The molecule has 4 aromatic rings. The topological polar surface area (TPSA) is 30.0 Å². The Hall–Kier alpha value is -3.47. The highest BCUT2D eigenvalue weighted by Gasteiger charge is 2.34. The Bertz CT molecular complexity index is 1210. The SMILES string of the molecule is Cc1nc2c(C(F)(F)F)cccc2c(-c2ccccc2)c1-c1cccc(C=O)c1. The molecular formula is C24H16F3NO. The van der Waals surface area contributed by atoms with Gasteiger partial charge in [-0.1, -0.05) is 60.7 Å². The first-order valence-electron chi connectivity index (χ1n) is 9.01. The maximum atomic E-state index is 13.6. The van der Waals surface area contributed by atoms with Crippen molar-refractivity contribution in [2.24, 2.45) is 0 Å². The Balaban J connectivity index is 2.16. The van der Waals surface area contributed by atoms with Gasteiger partial charge in [0.2, 0.25) is 0 Å². The van der Waals surface area contributed by atoms with Gasteiger partial charge in [0.15, 0.2) is 0 Å². The number of pyridine rings is 1. The van der Waals surface area contributed by atoms with E-state index in [0.29, 0.717) is 27.8 Å². The first-order chi connectivity index (χ1) is 13.9. The molecule has 0 bridgehead atoms. The average Bonchev–Trinajstić information content (AvgIpc) is 2.72. The van der Waals surface area contributed by atoms with E-state index < -0.39 is 11.7 Å². The summed E-state index contributed by atoms with van der Waals surface area (Å²) < 4.78 is 40.9. The fourth-order valence-corrected chi connectivity index (χ4v) is 3.66. The second kappa shape index (κ2) is 7.17. The highest BCUT2D eigenvalue weighted by atomic mass is 19.4. The molecule has 29 heavy (non-hydrogen) atoms. The van der Waals surface area contributed by atoms with Crippen LogP contribution in [0.1, 0.15) is 21.6 Å². The molecule has 1 aromatic heterocycles. The summed E-state index contributed by atoms with van der Waals surface area (Å²) in [4.78, 5) is 15.6. The number of para-hydroxylation sites is 1. The molecule has 0 spiro atoms. The predicted molar refractivity (Wildman–Crippen MR) is 108 cm³/mol. The van der Waals surface area contributed by atoms with Gasteiger partial charge in [0, 0.05) is 27.8 Å². The smallest absolute Gasteiger partial charge is 0.298 e. The largest absolute Gasteiger partial charge is 0.418 e.